The predicted molar refractivity (Wildman–Crippen MR) is 59.8 cm³/mol. The van der Waals surface area contributed by atoms with Gasteiger partial charge in [-0.25, -0.2) is 0 Å². The summed E-state index contributed by atoms with van der Waals surface area (Å²) in [5, 5.41) is 0. The molecule has 2 rings (SSSR count). The number of hydrogen-bond donors (Lipinski definition) is 0. The van der Waals surface area contributed by atoms with Crippen molar-refractivity contribution in [1.29, 1.82) is 0 Å². The third-order valence-corrected chi connectivity index (χ3v) is 3.67. The maximum atomic E-state index is 5.51. The normalized spacial score (nSPS) is 18.7. The van der Waals surface area contributed by atoms with E-state index in [0.29, 0.717) is 0 Å². The SMILES string of the molecule is COC1(c2ccc(Br)cc2Br)CC1. The molecule has 0 heterocycles. The number of ether oxygens (including phenoxy) is 1. The highest BCUT2D eigenvalue weighted by atomic mass is 79.9. The van der Waals surface area contributed by atoms with Crippen LogP contribution in [0.1, 0.15) is 18.4 Å². The monoisotopic (exact) mass is 304 g/mol. The molecule has 70 valence electrons. The quantitative estimate of drug-likeness (QED) is 0.806. The van der Waals surface area contributed by atoms with E-state index in [9.17, 15) is 0 Å². The first kappa shape index (κ1) is 9.69. The van der Waals surface area contributed by atoms with Gasteiger partial charge < -0.3 is 4.74 Å². The highest BCUT2D eigenvalue weighted by Gasteiger charge is 2.45. The van der Waals surface area contributed by atoms with Crippen LogP contribution in [0.4, 0.5) is 0 Å². The van der Waals surface area contributed by atoms with Crippen molar-refractivity contribution in [2.75, 3.05) is 7.11 Å². The van der Waals surface area contributed by atoms with Gasteiger partial charge in [0.25, 0.3) is 0 Å². The predicted octanol–water partition coefficient (Wildman–Crippen LogP) is 3.85. The second kappa shape index (κ2) is 3.37. The molecule has 0 atom stereocenters. The topological polar surface area (TPSA) is 9.23 Å². The van der Waals surface area contributed by atoms with E-state index in [-0.39, 0.29) is 5.60 Å². The zero-order valence-corrected chi connectivity index (χ0v) is 10.5. The highest BCUT2D eigenvalue weighted by Crippen LogP contribution is 2.51. The molecule has 1 aliphatic rings. The summed E-state index contributed by atoms with van der Waals surface area (Å²) in [6.07, 6.45) is 2.26. The largest absolute Gasteiger partial charge is 0.373 e. The van der Waals surface area contributed by atoms with Gasteiger partial charge >= 0.3 is 0 Å². The molecule has 0 radical (unpaired) electrons. The Hall–Kier alpha value is 0.140. The minimum atomic E-state index is -0.000463. The van der Waals surface area contributed by atoms with Gasteiger partial charge in [0.15, 0.2) is 0 Å². The molecule has 0 amide bonds. The van der Waals surface area contributed by atoms with Crippen molar-refractivity contribution in [3.63, 3.8) is 0 Å². The average Bonchev–Trinajstić information content (AvgIpc) is 2.85. The first-order chi connectivity index (χ1) is 6.18. The van der Waals surface area contributed by atoms with Gasteiger partial charge in [-0.05, 0) is 30.5 Å². The minimum absolute atomic E-state index is 0.000463. The summed E-state index contributed by atoms with van der Waals surface area (Å²) in [6, 6.07) is 6.23. The number of rotatable bonds is 2. The van der Waals surface area contributed by atoms with Crippen LogP contribution in [0.3, 0.4) is 0 Å². The molecule has 0 aromatic heterocycles. The van der Waals surface area contributed by atoms with E-state index in [2.05, 4.69) is 50.1 Å². The maximum absolute atomic E-state index is 5.51. The van der Waals surface area contributed by atoms with Crippen LogP contribution < -0.4 is 0 Å². The van der Waals surface area contributed by atoms with E-state index < -0.39 is 0 Å². The molecule has 1 saturated carbocycles. The molecular formula is C10H10Br2O. The second-order valence-corrected chi connectivity index (χ2v) is 5.09. The summed E-state index contributed by atoms with van der Waals surface area (Å²) in [5.74, 6) is 0. The molecule has 0 unspecified atom stereocenters. The number of halogens is 2. The van der Waals surface area contributed by atoms with Crippen molar-refractivity contribution < 1.29 is 4.74 Å². The summed E-state index contributed by atoms with van der Waals surface area (Å²) >= 11 is 6.99. The van der Waals surface area contributed by atoms with Crippen molar-refractivity contribution in [3.05, 3.63) is 32.7 Å². The van der Waals surface area contributed by atoms with Crippen molar-refractivity contribution >= 4 is 31.9 Å². The zero-order chi connectivity index (χ0) is 9.47. The Morgan fingerprint density at radius 3 is 2.46 bits per heavy atom. The minimum Gasteiger partial charge on any atom is -0.373 e. The van der Waals surface area contributed by atoms with Crippen molar-refractivity contribution in [1.82, 2.24) is 0 Å². The Bertz CT molecular complexity index is 332. The van der Waals surface area contributed by atoms with Gasteiger partial charge in [0, 0.05) is 16.1 Å². The highest BCUT2D eigenvalue weighted by molar-refractivity contribution is 9.11. The van der Waals surface area contributed by atoms with Gasteiger partial charge in [-0.3, -0.25) is 0 Å². The van der Waals surface area contributed by atoms with Gasteiger partial charge in [0.1, 0.15) is 0 Å². The Kier molecular flexibility index (Phi) is 2.51. The van der Waals surface area contributed by atoms with E-state index in [4.69, 9.17) is 4.74 Å². The van der Waals surface area contributed by atoms with Crippen LogP contribution in [0.2, 0.25) is 0 Å². The number of hydrogen-bond acceptors (Lipinski definition) is 1. The zero-order valence-electron chi connectivity index (χ0n) is 7.31. The summed E-state index contributed by atoms with van der Waals surface area (Å²) in [5.41, 5.74) is 1.26. The lowest BCUT2D eigenvalue weighted by molar-refractivity contribution is 0.0783. The summed E-state index contributed by atoms with van der Waals surface area (Å²) in [7, 11) is 1.78. The molecule has 0 saturated heterocycles. The van der Waals surface area contributed by atoms with E-state index in [1.807, 2.05) is 0 Å². The fourth-order valence-electron chi connectivity index (χ4n) is 1.56. The van der Waals surface area contributed by atoms with Crippen LogP contribution in [0.15, 0.2) is 27.1 Å². The Labute approximate surface area is 94.7 Å². The van der Waals surface area contributed by atoms with Crippen LogP contribution in [0.25, 0.3) is 0 Å². The number of benzene rings is 1. The van der Waals surface area contributed by atoms with Gasteiger partial charge in [-0.1, -0.05) is 37.9 Å². The van der Waals surface area contributed by atoms with Crippen LogP contribution in [0, 0.1) is 0 Å². The smallest absolute Gasteiger partial charge is 0.0940 e. The van der Waals surface area contributed by atoms with Crippen LogP contribution in [-0.2, 0) is 10.3 Å². The molecule has 13 heavy (non-hydrogen) atoms. The van der Waals surface area contributed by atoms with E-state index in [0.717, 1.165) is 21.8 Å². The standard InChI is InChI=1S/C10H10Br2O/c1-13-10(4-5-10)8-3-2-7(11)6-9(8)12/h2-3,6H,4-5H2,1H3. The molecule has 1 aromatic carbocycles. The lowest BCUT2D eigenvalue weighted by atomic mass is 10.1. The van der Waals surface area contributed by atoms with Crippen LogP contribution in [0.5, 0.6) is 0 Å². The van der Waals surface area contributed by atoms with Crippen molar-refractivity contribution in [2.24, 2.45) is 0 Å². The molecule has 0 aliphatic heterocycles. The lowest BCUT2D eigenvalue weighted by Gasteiger charge is -2.15. The summed E-state index contributed by atoms with van der Waals surface area (Å²) in [6.45, 7) is 0. The molecule has 0 spiro atoms. The third kappa shape index (κ3) is 1.69. The molecule has 0 bridgehead atoms. The molecule has 3 heteroatoms. The van der Waals surface area contributed by atoms with Crippen molar-refractivity contribution in [2.45, 2.75) is 18.4 Å². The van der Waals surface area contributed by atoms with Crippen LogP contribution >= 0.6 is 31.9 Å². The Morgan fingerprint density at radius 1 is 1.31 bits per heavy atom. The first-order valence-electron chi connectivity index (χ1n) is 4.19. The van der Waals surface area contributed by atoms with Crippen molar-refractivity contribution in [3.8, 4) is 0 Å². The molecule has 1 fully saturated rings. The Balaban J connectivity index is 2.41. The Morgan fingerprint density at radius 2 is 2.00 bits per heavy atom. The number of methoxy groups -OCH3 is 1. The summed E-state index contributed by atoms with van der Waals surface area (Å²) < 4.78 is 7.73. The van der Waals surface area contributed by atoms with Gasteiger partial charge in [-0.2, -0.15) is 0 Å². The second-order valence-electron chi connectivity index (χ2n) is 3.32. The average molecular weight is 306 g/mol. The first-order valence-corrected chi connectivity index (χ1v) is 5.77. The van der Waals surface area contributed by atoms with Crippen LogP contribution in [-0.4, -0.2) is 7.11 Å². The van der Waals surface area contributed by atoms with E-state index in [1.165, 1.54) is 5.56 Å². The molecular weight excluding hydrogens is 296 g/mol. The summed E-state index contributed by atoms with van der Waals surface area (Å²) in [4.78, 5) is 0. The fraction of sp³-hybridized carbons (Fsp3) is 0.400. The van der Waals surface area contributed by atoms with Gasteiger partial charge in [0.2, 0.25) is 0 Å². The molecule has 1 nitrogen and oxygen atoms in total. The van der Waals surface area contributed by atoms with E-state index >= 15 is 0 Å². The molecule has 1 aliphatic carbocycles. The molecule has 0 N–H and O–H groups in total. The molecule has 1 aromatic rings. The lowest BCUT2D eigenvalue weighted by Crippen LogP contribution is -2.09. The fourth-order valence-corrected chi connectivity index (χ4v) is 2.96. The van der Waals surface area contributed by atoms with Gasteiger partial charge in [-0.15, -0.1) is 0 Å². The van der Waals surface area contributed by atoms with E-state index in [1.54, 1.807) is 7.11 Å². The maximum Gasteiger partial charge on any atom is 0.0940 e. The third-order valence-electron chi connectivity index (χ3n) is 2.52. The van der Waals surface area contributed by atoms with Gasteiger partial charge in [0.05, 0.1) is 5.60 Å².